The molecule has 0 aromatic heterocycles. The Hall–Kier alpha value is -6.19. The van der Waals surface area contributed by atoms with Crippen molar-refractivity contribution >= 4 is 5.97 Å². The molecule has 3 nitrogen and oxygen atoms in total. The zero-order valence-corrected chi connectivity index (χ0v) is 34.6. The molecule has 3 heteroatoms. The number of para-hydroxylation sites is 1. The third kappa shape index (κ3) is 9.66. The molecule has 7 rings (SSSR count). The quantitative estimate of drug-likeness (QED) is 0.104. The molecule has 0 saturated carbocycles. The Morgan fingerprint density at radius 1 is 0.414 bits per heavy atom. The van der Waals surface area contributed by atoms with Crippen molar-refractivity contribution in [3.8, 4) is 5.75 Å². The van der Waals surface area contributed by atoms with Gasteiger partial charge in [0, 0.05) is 23.7 Å². The van der Waals surface area contributed by atoms with Gasteiger partial charge in [0.25, 0.3) is 0 Å². The van der Waals surface area contributed by atoms with E-state index in [9.17, 15) is 4.79 Å². The maximum Gasteiger partial charge on any atom is 0.342 e. The Bertz CT molecular complexity index is 2430. The van der Waals surface area contributed by atoms with Gasteiger partial charge in [-0.3, -0.25) is 0 Å². The van der Waals surface area contributed by atoms with Crippen molar-refractivity contribution in [1.82, 2.24) is 0 Å². The van der Waals surface area contributed by atoms with Crippen molar-refractivity contribution in [2.75, 3.05) is 0 Å². The number of carbonyl (C=O) groups excluding carboxylic acids is 1. The van der Waals surface area contributed by atoms with Gasteiger partial charge in [0.15, 0.2) is 0 Å². The number of aryl methyl sites for hydroxylation is 2. The van der Waals surface area contributed by atoms with Crippen molar-refractivity contribution in [2.24, 2.45) is 0 Å². The molecular formula is C55H54O3. The van der Waals surface area contributed by atoms with Gasteiger partial charge in [-0.15, -0.1) is 0 Å². The fourth-order valence-electron chi connectivity index (χ4n) is 8.00. The van der Waals surface area contributed by atoms with Crippen molar-refractivity contribution < 1.29 is 14.3 Å². The highest BCUT2D eigenvalue weighted by molar-refractivity contribution is 5.92. The molecule has 0 aliphatic heterocycles. The van der Waals surface area contributed by atoms with E-state index in [-0.39, 0.29) is 18.4 Å². The molecule has 4 unspecified atom stereocenters. The van der Waals surface area contributed by atoms with Crippen LogP contribution in [0, 0.1) is 13.8 Å². The minimum Gasteiger partial charge on any atom is -0.488 e. The van der Waals surface area contributed by atoms with Crippen LogP contribution in [0.3, 0.4) is 0 Å². The smallest absolute Gasteiger partial charge is 0.342 e. The number of ether oxygens (including phenoxy) is 2. The molecule has 7 aromatic rings. The molecule has 0 radical (unpaired) electrons. The highest BCUT2D eigenvalue weighted by atomic mass is 16.5. The van der Waals surface area contributed by atoms with Crippen molar-refractivity contribution in [1.29, 1.82) is 0 Å². The number of benzene rings is 7. The van der Waals surface area contributed by atoms with Gasteiger partial charge in [0.1, 0.15) is 24.5 Å². The summed E-state index contributed by atoms with van der Waals surface area (Å²) in [5.74, 6) is 1.16. The molecule has 7 aromatic carbocycles. The van der Waals surface area contributed by atoms with Gasteiger partial charge in [-0.25, -0.2) is 4.79 Å². The number of hydrogen-bond donors (Lipinski definition) is 0. The summed E-state index contributed by atoms with van der Waals surface area (Å²) in [6.45, 7) is 13.7. The number of rotatable bonds is 14. The first-order valence-corrected chi connectivity index (χ1v) is 20.5. The monoisotopic (exact) mass is 762 g/mol. The first kappa shape index (κ1) is 40.0. The average Bonchev–Trinajstić information content (AvgIpc) is 3.27. The van der Waals surface area contributed by atoms with E-state index in [2.05, 4.69) is 187 Å². The van der Waals surface area contributed by atoms with E-state index in [0.717, 1.165) is 16.7 Å². The highest BCUT2D eigenvalue weighted by Crippen LogP contribution is 2.32. The van der Waals surface area contributed by atoms with Crippen LogP contribution in [0.25, 0.3) is 0 Å². The van der Waals surface area contributed by atoms with Crippen molar-refractivity contribution in [3.63, 3.8) is 0 Å². The number of hydrogen-bond acceptors (Lipinski definition) is 3. The SMILES string of the molecule is Cc1cc(COC(=O)c2ccccc2OCc2cc(C)cc(C(C)c3ccc(C(C)c4ccccc4)cc3)c2)cc(C(C)c2ccc(C(C)c3ccccc3)cc2)c1. The molecule has 0 bridgehead atoms. The second kappa shape index (κ2) is 18.4. The van der Waals surface area contributed by atoms with E-state index in [1.54, 1.807) is 6.07 Å². The van der Waals surface area contributed by atoms with Crippen LogP contribution in [0.1, 0.15) is 128 Å². The van der Waals surface area contributed by atoms with E-state index in [0.29, 0.717) is 29.8 Å². The number of carbonyl (C=O) groups is 1. The summed E-state index contributed by atoms with van der Waals surface area (Å²) >= 11 is 0. The van der Waals surface area contributed by atoms with Gasteiger partial charge in [-0.2, -0.15) is 0 Å². The first-order valence-electron chi connectivity index (χ1n) is 20.5. The van der Waals surface area contributed by atoms with E-state index < -0.39 is 5.97 Å². The Labute approximate surface area is 345 Å². The molecule has 0 spiro atoms. The third-order valence-electron chi connectivity index (χ3n) is 11.7. The zero-order valence-electron chi connectivity index (χ0n) is 34.6. The van der Waals surface area contributed by atoms with E-state index in [4.69, 9.17) is 9.47 Å². The largest absolute Gasteiger partial charge is 0.488 e. The lowest BCUT2D eigenvalue weighted by atomic mass is 9.88. The molecule has 4 atom stereocenters. The molecule has 0 aliphatic carbocycles. The van der Waals surface area contributed by atoms with Gasteiger partial charge in [0.2, 0.25) is 0 Å². The molecule has 0 fully saturated rings. The summed E-state index contributed by atoms with van der Waals surface area (Å²) < 4.78 is 12.3. The van der Waals surface area contributed by atoms with Crippen LogP contribution in [-0.4, -0.2) is 5.97 Å². The summed E-state index contributed by atoms with van der Waals surface area (Å²) in [7, 11) is 0. The molecule has 0 heterocycles. The lowest BCUT2D eigenvalue weighted by Gasteiger charge is -2.18. The van der Waals surface area contributed by atoms with Crippen LogP contribution in [0.5, 0.6) is 5.75 Å². The molecule has 292 valence electrons. The Balaban J connectivity index is 0.982. The topological polar surface area (TPSA) is 35.5 Å². The Morgan fingerprint density at radius 2 is 0.776 bits per heavy atom. The highest BCUT2D eigenvalue weighted by Gasteiger charge is 2.18. The lowest BCUT2D eigenvalue weighted by molar-refractivity contribution is 0.0467. The average molecular weight is 763 g/mol. The second-order valence-electron chi connectivity index (χ2n) is 15.9. The summed E-state index contributed by atoms with van der Waals surface area (Å²) in [6.07, 6.45) is 0. The Kier molecular flexibility index (Phi) is 12.7. The molecular weight excluding hydrogens is 709 g/mol. The van der Waals surface area contributed by atoms with Crippen LogP contribution >= 0.6 is 0 Å². The summed E-state index contributed by atoms with van der Waals surface area (Å²) in [4.78, 5) is 13.6. The van der Waals surface area contributed by atoms with Gasteiger partial charge in [-0.1, -0.05) is 197 Å². The van der Waals surface area contributed by atoms with Crippen LogP contribution in [0.4, 0.5) is 0 Å². The maximum atomic E-state index is 13.6. The minimum atomic E-state index is -0.404. The van der Waals surface area contributed by atoms with Crippen LogP contribution < -0.4 is 4.74 Å². The summed E-state index contributed by atoms with van der Waals surface area (Å²) in [5.41, 5.74) is 14.9. The predicted octanol–water partition coefficient (Wildman–Crippen LogP) is 13.8. The first-order chi connectivity index (χ1) is 28.1. The van der Waals surface area contributed by atoms with E-state index >= 15 is 0 Å². The van der Waals surface area contributed by atoms with Gasteiger partial charge in [0.05, 0.1) is 0 Å². The Morgan fingerprint density at radius 3 is 1.22 bits per heavy atom. The van der Waals surface area contributed by atoms with Gasteiger partial charge in [-0.05, 0) is 81.6 Å². The molecule has 0 saturated heterocycles. The van der Waals surface area contributed by atoms with Crippen LogP contribution in [-0.2, 0) is 18.0 Å². The standard InChI is InChI=1S/C55H54O3/c1-37-29-43(33-51(31-37)41(5)49-25-21-47(22-26-49)39(3)45-15-9-7-10-16-45)35-57-54-20-14-13-19-53(54)55(56)58-36-44-30-38(2)32-52(34-44)42(6)50-27-23-48(24-28-50)40(4)46-17-11-8-12-18-46/h7-34,39-42H,35-36H2,1-6H3. The summed E-state index contributed by atoms with van der Waals surface area (Å²) in [5, 5.41) is 0. The fraction of sp³-hybridized carbons (Fsp3) is 0.218. The van der Waals surface area contributed by atoms with Crippen LogP contribution in [0.15, 0.2) is 170 Å². The van der Waals surface area contributed by atoms with Crippen molar-refractivity contribution in [3.05, 3.63) is 242 Å². The van der Waals surface area contributed by atoms with E-state index in [1.165, 1.54) is 50.1 Å². The summed E-state index contributed by atoms with van der Waals surface area (Å²) in [6, 6.07) is 59.7. The molecule has 58 heavy (non-hydrogen) atoms. The van der Waals surface area contributed by atoms with E-state index in [1.807, 2.05) is 18.2 Å². The lowest BCUT2D eigenvalue weighted by Crippen LogP contribution is -2.09. The fourth-order valence-corrected chi connectivity index (χ4v) is 8.00. The molecule has 0 N–H and O–H groups in total. The second-order valence-corrected chi connectivity index (χ2v) is 15.9. The molecule has 0 aliphatic rings. The van der Waals surface area contributed by atoms with Gasteiger partial charge >= 0.3 is 5.97 Å². The number of esters is 1. The maximum absolute atomic E-state index is 13.6. The third-order valence-corrected chi connectivity index (χ3v) is 11.7. The normalized spacial score (nSPS) is 13.3. The van der Waals surface area contributed by atoms with Gasteiger partial charge < -0.3 is 9.47 Å². The van der Waals surface area contributed by atoms with Crippen LogP contribution in [0.2, 0.25) is 0 Å². The molecule has 0 amide bonds. The zero-order chi connectivity index (χ0) is 40.6. The predicted molar refractivity (Wildman–Crippen MR) is 238 cm³/mol. The van der Waals surface area contributed by atoms with Crippen molar-refractivity contribution in [2.45, 2.75) is 78.4 Å². The minimum absolute atomic E-state index is 0.174.